The van der Waals surface area contributed by atoms with Crippen LogP contribution < -0.4 is 0 Å². The van der Waals surface area contributed by atoms with Gasteiger partial charge in [-0.1, -0.05) is 19.1 Å². The average Bonchev–Trinajstić information content (AvgIpc) is 2.91. The summed E-state index contributed by atoms with van der Waals surface area (Å²) >= 11 is 0. The van der Waals surface area contributed by atoms with Crippen molar-refractivity contribution >= 4 is 23.3 Å². The number of aromatic nitrogens is 1. The predicted molar refractivity (Wildman–Crippen MR) is 79.8 cm³/mol. The van der Waals surface area contributed by atoms with Gasteiger partial charge in [0.05, 0.1) is 12.1 Å². The molecule has 1 aromatic heterocycles. The third kappa shape index (κ3) is 2.97. The Morgan fingerprint density at radius 2 is 2.14 bits per heavy atom. The van der Waals surface area contributed by atoms with E-state index in [2.05, 4.69) is 0 Å². The Morgan fingerprint density at radius 1 is 1.38 bits per heavy atom. The van der Waals surface area contributed by atoms with E-state index in [1.165, 1.54) is 4.57 Å². The summed E-state index contributed by atoms with van der Waals surface area (Å²) in [6.07, 6.45) is 2.56. The fraction of sp³-hybridized carbons (Fsp3) is 0.375. The van der Waals surface area contributed by atoms with E-state index in [0.29, 0.717) is 24.1 Å². The summed E-state index contributed by atoms with van der Waals surface area (Å²) in [6.45, 7) is 4.09. The molecule has 2 rings (SSSR count). The summed E-state index contributed by atoms with van der Waals surface area (Å²) in [7, 11) is 1.57. The number of methoxy groups -OCH3 is 1. The highest BCUT2D eigenvalue weighted by molar-refractivity contribution is 6.00. The summed E-state index contributed by atoms with van der Waals surface area (Å²) < 4.78 is 12.1. The van der Waals surface area contributed by atoms with Gasteiger partial charge in [-0.2, -0.15) is 0 Å². The van der Waals surface area contributed by atoms with Crippen LogP contribution in [0.25, 0.3) is 10.9 Å². The summed E-state index contributed by atoms with van der Waals surface area (Å²) in [6, 6.07) is 6.97. The van der Waals surface area contributed by atoms with Gasteiger partial charge in [-0.15, -0.1) is 0 Å². The molecule has 0 aliphatic carbocycles. The van der Waals surface area contributed by atoms with Crippen molar-refractivity contribution in [3.8, 4) is 0 Å². The lowest BCUT2D eigenvalue weighted by Gasteiger charge is -2.27. The Labute approximate surface area is 123 Å². The number of aldehydes is 1. The van der Waals surface area contributed by atoms with Gasteiger partial charge in [-0.25, -0.2) is 4.79 Å². The van der Waals surface area contributed by atoms with Crippen LogP contribution in [0, 0.1) is 0 Å². The zero-order valence-electron chi connectivity index (χ0n) is 12.5. The first-order chi connectivity index (χ1) is 10.0. The van der Waals surface area contributed by atoms with Crippen LogP contribution in [-0.2, 0) is 9.47 Å². The van der Waals surface area contributed by atoms with Crippen molar-refractivity contribution in [2.24, 2.45) is 0 Å². The Balaban J connectivity index is 2.34. The molecule has 0 aliphatic heterocycles. The third-order valence-corrected chi connectivity index (χ3v) is 3.62. The third-order valence-electron chi connectivity index (χ3n) is 3.62. The van der Waals surface area contributed by atoms with Crippen LogP contribution in [0.4, 0.5) is 4.79 Å². The van der Waals surface area contributed by atoms with E-state index in [9.17, 15) is 9.59 Å². The molecule has 5 heteroatoms. The Kier molecular flexibility index (Phi) is 4.43. The number of nitrogens with zero attached hydrogens (tertiary/aromatic N) is 1. The molecule has 0 amide bonds. The van der Waals surface area contributed by atoms with Crippen molar-refractivity contribution in [3.05, 3.63) is 36.0 Å². The number of rotatable bonds is 5. The smallest absolute Gasteiger partial charge is 0.419 e. The van der Waals surface area contributed by atoms with Crippen molar-refractivity contribution in [2.45, 2.75) is 25.9 Å². The van der Waals surface area contributed by atoms with Crippen molar-refractivity contribution in [2.75, 3.05) is 13.7 Å². The maximum absolute atomic E-state index is 12.4. The van der Waals surface area contributed by atoms with E-state index >= 15 is 0 Å². The first-order valence-corrected chi connectivity index (χ1v) is 6.82. The molecule has 0 N–H and O–H groups in total. The molecule has 0 aliphatic rings. The van der Waals surface area contributed by atoms with Gasteiger partial charge in [0.2, 0.25) is 0 Å². The highest BCUT2D eigenvalue weighted by atomic mass is 16.6. The van der Waals surface area contributed by atoms with E-state index in [1.807, 2.05) is 13.8 Å². The number of hydrogen-bond donors (Lipinski definition) is 0. The normalized spacial score (nSPS) is 13.9. The summed E-state index contributed by atoms with van der Waals surface area (Å²) in [5, 5.41) is 0.731. The maximum atomic E-state index is 12.4. The van der Waals surface area contributed by atoms with Crippen LogP contribution >= 0.6 is 0 Å². The minimum atomic E-state index is -0.676. The quantitative estimate of drug-likeness (QED) is 0.793. The van der Waals surface area contributed by atoms with E-state index in [1.54, 1.807) is 37.6 Å². The largest absolute Gasteiger partial charge is 0.440 e. The highest BCUT2D eigenvalue weighted by Crippen LogP contribution is 2.22. The average molecular weight is 289 g/mol. The molecule has 0 saturated carbocycles. The predicted octanol–water partition coefficient (Wildman–Crippen LogP) is 3.25. The molecule has 0 spiro atoms. The van der Waals surface area contributed by atoms with Crippen molar-refractivity contribution in [3.63, 3.8) is 0 Å². The molecule has 0 fully saturated rings. The van der Waals surface area contributed by atoms with Crippen LogP contribution in [-0.4, -0.2) is 36.3 Å². The number of benzene rings is 1. The Bertz CT molecular complexity index is 661. The number of carbonyl (C=O) groups excluding carboxylic acids is 2. The first kappa shape index (κ1) is 15.3. The molecule has 0 saturated heterocycles. The molecular weight excluding hydrogens is 270 g/mol. The first-order valence-electron chi connectivity index (χ1n) is 6.82. The van der Waals surface area contributed by atoms with Crippen molar-refractivity contribution < 1.29 is 19.1 Å². The van der Waals surface area contributed by atoms with Crippen LogP contribution in [0.1, 0.15) is 30.6 Å². The lowest BCUT2D eigenvalue weighted by atomic mass is 10.1. The Hall–Kier alpha value is -2.14. The minimum absolute atomic E-state index is 0.327. The molecule has 1 heterocycles. The molecule has 21 heavy (non-hydrogen) atoms. The van der Waals surface area contributed by atoms with Gasteiger partial charge in [0, 0.05) is 24.3 Å². The number of ether oxygens (including phenoxy) is 2. The summed E-state index contributed by atoms with van der Waals surface area (Å²) in [5.74, 6) is 0. The summed E-state index contributed by atoms with van der Waals surface area (Å²) in [4.78, 5) is 23.4. The maximum Gasteiger partial charge on any atom is 0.419 e. The molecule has 5 nitrogen and oxygen atoms in total. The van der Waals surface area contributed by atoms with Gasteiger partial charge in [0.25, 0.3) is 0 Å². The van der Waals surface area contributed by atoms with E-state index < -0.39 is 11.7 Å². The topological polar surface area (TPSA) is 57.5 Å². The SMILES string of the molecule is CCC(C)(COC)OC(=O)n1ccc2c(C=O)cccc21. The van der Waals surface area contributed by atoms with E-state index in [4.69, 9.17) is 9.47 Å². The molecule has 2 aromatic rings. The Morgan fingerprint density at radius 3 is 2.76 bits per heavy atom. The zero-order chi connectivity index (χ0) is 15.5. The van der Waals surface area contributed by atoms with Gasteiger partial charge in [-0.05, 0) is 25.5 Å². The highest BCUT2D eigenvalue weighted by Gasteiger charge is 2.28. The van der Waals surface area contributed by atoms with Crippen molar-refractivity contribution in [1.29, 1.82) is 0 Å². The lowest BCUT2D eigenvalue weighted by molar-refractivity contribution is -0.0323. The number of carbonyl (C=O) groups is 2. The monoisotopic (exact) mass is 289 g/mol. The van der Waals surface area contributed by atoms with Gasteiger partial charge in [-0.3, -0.25) is 9.36 Å². The number of hydrogen-bond acceptors (Lipinski definition) is 4. The van der Waals surface area contributed by atoms with Crippen LogP contribution in [0.2, 0.25) is 0 Å². The van der Waals surface area contributed by atoms with Gasteiger partial charge < -0.3 is 9.47 Å². The number of fused-ring (bicyclic) bond motifs is 1. The fourth-order valence-electron chi connectivity index (χ4n) is 2.22. The molecule has 1 atom stereocenters. The molecule has 1 unspecified atom stereocenters. The standard InChI is InChI=1S/C16H19NO4/c1-4-16(2,11-20-3)21-15(19)17-9-8-13-12(10-18)6-5-7-14(13)17/h5-10H,4,11H2,1-3H3. The van der Waals surface area contributed by atoms with Crippen molar-refractivity contribution in [1.82, 2.24) is 4.57 Å². The van der Waals surface area contributed by atoms with Crippen LogP contribution in [0.3, 0.4) is 0 Å². The van der Waals surface area contributed by atoms with Gasteiger partial charge in [0.15, 0.2) is 6.29 Å². The molecule has 1 aromatic carbocycles. The fourth-order valence-corrected chi connectivity index (χ4v) is 2.22. The van der Waals surface area contributed by atoms with Crippen LogP contribution in [0.15, 0.2) is 30.5 Å². The zero-order valence-corrected chi connectivity index (χ0v) is 12.5. The second-order valence-electron chi connectivity index (χ2n) is 5.19. The second kappa shape index (κ2) is 6.10. The van der Waals surface area contributed by atoms with Crippen LogP contribution in [0.5, 0.6) is 0 Å². The van der Waals surface area contributed by atoms with Gasteiger partial charge >= 0.3 is 6.09 Å². The van der Waals surface area contributed by atoms with E-state index in [0.717, 1.165) is 11.7 Å². The minimum Gasteiger partial charge on any atom is -0.440 e. The molecule has 0 bridgehead atoms. The lowest BCUT2D eigenvalue weighted by Crippen LogP contribution is -2.37. The summed E-state index contributed by atoms with van der Waals surface area (Å²) in [5.41, 5.74) is 0.527. The molecule has 112 valence electrons. The van der Waals surface area contributed by atoms with E-state index in [-0.39, 0.29) is 0 Å². The van der Waals surface area contributed by atoms with Gasteiger partial charge in [0.1, 0.15) is 5.60 Å². The molecular formula is C16H19NO4. The second-order valence-corrected chi connectivity index (χ2v) is 5.19. The molecule has 0 radical (unpaired) electrons.